The molecule has 0 aromatic carbocycles. The molecule has 0 radical (unpaired) electrons. The van der Waals surface area contributed by atoms with Crippen molar-refractivity contribution in [3.63, 3.8) is 0 Å². The number of rotatable bonds is 4. The van der Waals surface area contributed by atoms with E-state index in [4.69, 9.17) is 4.42 Å². The zero-order valence-corrected chi connectivity index (χ0v) is 15.8. The van der Waals surface area contributed by atoms with Crippen molar-refractivity contribution in [2.24, 2.45) is 0 Å². The van der Waals surface area contributed by atoms with Gasteiger partial charge in [-0.3, -0.25) is 14.9 Å². The lowest BCUT2D eigenvalue weighted by atomic mass is 9.96. The van der Waals surface area contributed by atoms with Crippen LogP contribution in [0.25, 0.3) is 0 Å². The van der Waals surface area contributed by atoms with E-state index in [1.807, 2.05) is 6.92 Å². The Morgan fingerprint density at radius 1 is 1.19 bits per heavy atom. The zero-order chi connectivity index (χ0) is 19.2. The van der Waals surface area contributed by atoms with Crippen molar-refractivity contribution in [2.45, 2.75) is 51.1 Å². The number of nitrogens with one attached hydrogen (secondary N) is 3. The van der Waals surface area contributed by atoms with Gasteiger partial charge in [0.05, 0.1) is 32.4 Å². The topological polar surface area (TPSA) is 96.1 Å². The van der Waals surface area contributed by atoms with Gasteiger partial charge in [-0.25, -0.2) is 4.79 Å². The fraction of sp³-hybridized carbons (Fsp3) is 0.632. The minimum Gasteiger partial charge on any atom is -0.459 e. The van der Waals surface area contributed by atoms with E-state index in [-0.39, 0.29) is 23.9 Å². The van der Waals surface area contributed by atoms with E-state index in [9.17, 15) is 14.4 Å². The maximum Gasteiger partial charge on any atom is 0.321 e. The van der Waals surface area contributed by atoms with Crippen molar-refractivity contribution in [2.75, 3.05) is 26.2 Å². The van der Waals surface area contributed by atoms with E-state index in [2.05, 4.69) is 10.6 Å². The Kier molecular flexibility index (Phi) is 6.49. The molecule has 1 aromatic heterocycles. The minimum atomic E-state index is -0.398. The van der Waals surface area contributed by atoms with Crippen molar-refractivity contribution < 1.29 is 23.7 Å². The first-order valence-electron chi connectivity index (χ1n) is 9.83. The highest BCUT2D eigenvalue weighted by atomic mass is 16.3. The molecule has 2 fully saturated rings. The van der Waals surface area contributed by atoms with Crippen molar-refractivity contribution in [1.82, 2.24) is 15.5 Å². The van der Waals surface area contributed by atoms with Gasteiger partial charge in [0, 0.05) is 6.04 Å². The molecule has 1 atom stereocenters. The number of hydrogen-bond acceptors (Lipinski definition) is 4. The molecule has 1 aromatic rings. The summed E-state index contributed by atoms with van der Waals surface area (Å²) >= 11 is 0. The van der Waals surface area contributed by atoms with Crippen molar-refractivity contribution in [1.29, 1.82) is 0 Å². The maximum atomic E-state index is 12.4. The lowest BCUT2D eigenvalue weighted by Gasteiger charge is -2.34. The Labute approximate surface area is 159 Å². The summed E-state index contributed by atoms with van der Waals surface area (Å²) in [6.07, 6.45) is 6.91. The van der Waals surface area contributed by atoms with Crippen LogP contribution in [0.15, 0.2) is 22.8 Å². The molecular weight excluding hydrogens is 348 g/mol. The standard InChI is InChI=1S/C19H28N4O4/c1-14(17(24)21-19(26)20-15-6-3-2-4-7-15)22-9-11-23(12-10-22)18(25)16-8-5-13-27-16/h5,8,13-15H,2-4,6-7,9-12H2,1H3,(H2,20,21,24,26)/p+1/t14-/m0/s1. The van der Waals surface area contributed by atoms with Crippen LogP contribution >= 0.6 is 0 Å². The van der Waals surface area contributed by atoms with Crippen LogP contribution in [0.5, 0.6) is 0 Å². The molecule has 148 valence electrons. The summed E-state index contributed by atoms with van der Waals surface area (Å²) < 4.78 is 5.16. The highest BCUT2D eigenvalue weighted by Gasteiger charge is 2.32. The molecule has 0 bridgehead atoms. The highest BCUT2D eigenvalue weighted by molar-refractivity contribution is 5.96. The van der Waals surface area contributed by atoms with Crippen LogP contribution in [0.2, 0.25) is 0 Å². The summed E-state index contributed by atoms with van der Waals surface area (Å²) in [5, 5.41) is 5.38. The summed E-state index contributed by atoms with van der Waals surface area (Å²) in [4.78, 5) is 39.6. The number of nitrogens with zero attached hydrogens (tertiary/aromatic N) is 1. The van der Waals surface area contributed by atoms with E-state index < -0.39 is 6.03 Å². The zero-order valence-electron chi connectivity index (χ0n) is 15.8. The number of imide groups is 1. The first kappa shape index (κ1) is 19.4. The second-order valence-electron chi connectivity index (χ2n) is 7.45. The lowest BCUT2D eigenvalue weighted by Crippen LogP contribution is -3.19. The predicted octanol–water partition coefficient (Wildman–Crippen LogP) is 0.167. The van der Waals surface area contributed by atoms with Gasteiger partial charge in [0.2, 0.25) is 0 Å². The minimum absolute atomic E-state index is 0.122. The molecule has 1 aliphatic carbocycles. The van der Waals surface area contributed by atoms with Crippen molar-refractivity contribution in [3.8, 4) is 0 Å². The number of urea groups is 1. The van der Waals surface area contributed by atoms with Gasteiger partial charge in [-0.15, -0.1) is 0 Å². The number of piperazine rings is 1. The Morgan fingerprint density at radius 3 is 2.52 bits per heavy atom. The summed E-state index contributed by atoms with van der Waals surface area (Å²) in [6.45, 7) is 4.25. The average molecular weight is 377 g/mol. The van der Waals surface area contributed by atoms with Crippen LogP contribution in [0.4, 0.5) is 4.79 Å². The second kappa shape index (κ2) is 9.03. The second-order valence-corrected chi connectivity index (χ2v) is 7.45. The summed E-state index contributed by atoms with van der Waals surface area (Å²) in [7, 11) is 0. The van der Waals surface area contributed by atoms with Crippen LogP contribution in [-0.2, 0) is 4.79 Å². The van der Waals surface area contributed by atoms with Gasteiger partial charge in [-0.05, 0) is 31.9 Å². The van der Waals surface area contributed by atoms with E-state index >= 15 is 0 Å². The molecule has 1 saturated heterocycles. The summed E-state index contributed by atoms with van der Waals surface area (Å²) in [5.74, 6) is -0.0595. The molecule has 2 aliphatic rings. The van der Waals surface area contributed by atoms with Crippen molar-refractivity contribution in [3.05, 3.63) is 24.2 Å². The number of furan rings is 1. The SMILES string of the molecule is C[C@@H](C(=O)NC(=O)NC1CCCCC1)[NH+]1CCN(C(=O)c2ccco2)CC1. The summed E-state index contributed by atoms with van der Waals surface area (Å²) in [5.41, 5.74) is 0. The molecule has 8 nitrogen and oxygen atoms in total. The van der Waals surface area contributed by atoms with Gasteiger partial charge in [-0.2, -0.15) is 0 Å². The average Bonchev–Trinajstić information content (AvgIpc) is 3.22. The summed E-state index contributed by atoms with van der Waals surface area (Å²) in [6, 6.07) is 2.78. The van der Waals surface area contributed by atoms with Crippen LogP contribution in [0, 0.1) is 0 Å². The monoisotopic (exact) mass is 377 g/mol. The van der Waals surface area contributed by atoms with Crippen LogP contribution in [-0.4, -0.2) is 61.0 Å². The molecule has 0 unspecified atom stereocenters. The van der Waals surface area contributed by atoms with Crippen LogP contribution < -0.4 is 15.5 Å². The van der Waals surface area contributed by atoms with E-state index in [0.29, 0.717) is 31.9 Å². The lowest BCUT2D eigenvalue weighted by molar-refractivity contribution is -0.917. The molecule has 1 saturated carbocycles. The first-order valence-corrected chi connectivity index (χ1v) is 9.83. The molecule has 2 heterocycles. The molecule has 3 rings (SSSR count). The maximum absolute atomic E-state index is 12.4. The molecule has 27 heavy (non-hydrogen) atoms. The third-order valence-electron chi connectivity index (χ3n) is 5.61. The first-order chi connectivity index (χ1) is 13.0. The Hall–Kier alpha value is -2.35. The van der Waals surface area contributed by atoms with Crippen molar-refractivity contribution >= 4 is 17.8 Å². The van der Waals surface area contributed by atoms with E-state index in [0.717, 1.165) is 30.6 Å². The fourth-order valence-corrected chi connectivity index (χ4v) is 3.86. The Balaban J connectivity index is 1.42. The largest absolute Gasteiger partial charge is 0.459 e. The Bertz CT molecular complexity index is 647. The molecule has 8 heteroatoms. The van der Waals surface area contributed by atoms with E-state index in [1.165, 1.54) is 12.7 Å². The molecule has 4 amide bonds. The highest BCUT2D eigenvalue weighted by Crippen LogP contribution is 2.17. The Morgan fingerprint density at radius 2 is 1.89 bits per heavy atom. The number of carbonyl (C=O) groups excluding carboxylic acids is 3. The van der Waals surface area contributed by atoms with Gasteiger partial charge >= 0.3 is 6.03 Å². The number of quaternary nitrogens is 1. The third kappa shape index (κ3) is 5.09. The van der Waals surface area contributed by atoms with Gasteiger partial charge in [-0.1, -0.05) is 19.3 Å². The molecular formula is C19H29N4O4+. The molecule has 0 spiro atoms. The third-order valence-corrected chi connectivity index (χ3v) is 5.61. The molecule has 3 N–H and O–H groups in total. The quantitative estimate of drug-likeness (QED) is 0.697. The fourth-order valence-electron chi connectivity index (χ4n) is 3.86. The van der Waals surface area contributed by atoms with Gasteiger partial charge in [0.25, 0.3) is 11.8 Å². The van der Waals surface area contributed by atoms with Gasteiger partial charge in [0.15, 0.2) is 11.8 Å². The van der Waals surface area contributed by atoms with Crippen LogP contribution in [0.1, 0.15) is 49.6 Å². The van der Waals surface area contributed by atoms with Gasteiger partial charge in [0.1, 0.15) is 0 Å². The van der Waals surface area contributed by atoms with E-state index in [1.54, 1.807) is 17.0 Å². The van der Waals surface area contributed by atoms with Crippen LogP contribution in [0.3, 0.4) is 0 Å². The number of carbonyl (C=O) groups is 3. The predicted molar refractivity (Wildman–Crippen MR) is 98.3 cm³/mol. The number of amides is 4. The normalized spacial score (nSPS) is 20.1. The van der Waals surface area contributed by atoms with Gasteiger partial charge < -0.3 is 19.5 Å². The smallest absolute Gasteiger partial charge is 0.321 e. The molecule has 1 aliphatic heterocycles. The number of hydrogen-bond donors (Lipinski definition) is 3.